The van der Waals surface area contributed by atoms with Crippen LogP contribution in [0.5, 0.6) is 5.75 Å². The summed E-state index contributed by atoms with van der Waals surface area (Å²) in [5.41, 5.74) is 0.648. The minimum absolute atomic E-state index is 0.0220. The van der Waals surface area contributed by atoms with E-state index in [2.05, 4.69) is 4.72 Å². The number of aromatic nitrogens is 1. The lowest BCUT2D eigenvalue weighted by Gasteiger charge is -2.29. The van der Waals surface area contributed by atoms with Crippen LogP contribution in [0, 0.1) is 11.6 Å². The Kier molecular flexibility index (Phi) is 7.16. The van der Waals surface area contributed by atoms with Crippen LogP contribution in [-0.2, 0) is 21.4 Å². The van der Waals surface area contributed by atoms with Crippen molar-refractivity contribution < 1.29 is 26.5 Å². The molecule has 4 aromatic rings. The largest absolute Gasteiger partial charge is 0.598 e. The van der Waals surface area contributed by atoms with Gasteiger partial charge in [-0.2, -0.15) is 0 Å². The number of hydrogen-bond donors (Lipinski definition) is 1. The first-order valence-corrected chi connectivity index (χ1v) is 13.7. The van der Waals surface area contributed by atoms with E-state index < -0.39 is 43.8 Å². The molecule has 0 aliphatic carbocycles. The molecule has 3 aromatic carbocycles. The van der Waals surface area contributed by atoms with Gasteiger partial charge in [0.05, 0.1) is 23.2 Å². The fourth-order valence-electron chi connectivity index (χ4n) is 3.83. The van der Waals surface area contributed by atoms with Gasteiger partial charge in [-0.15, -0.1) is 4.72 Å². The molecule has 0 bridgehead atoms. The first kappa shape index (κ1) is 26.2. The second-order valence-electron chi connectivity index (χ2n) is 9.15. The molecule has 0 saturated heterocycles. The van der Waals surface area contributed by atoms with Crippen molar-refractivity contribution in [2.75, 3.05) is 7.11 Å². The van der Waals surface area contributed by atoms with Crippen LogP contribution in [0.1, 0.15) is 38.1 Å². The third kappa shape index (κ3) is 4.86. The quantitative estimate of drug-likeness (QED) is 0.326. The second-order valence-corrected chi connectivity index (χ2v) is 12.9. The van der Waals surface area contributed by atoms with Crippen molar-refractivity contribution in [3.8, 4) is 5.75 Å². The Morgan fingerprint density at radius 3 is 2.22 bits per heavy atom. The van der Waals surface area contributed by atoms with Crippen LogP contribution in [0.4, 0.5) is 8.78 Å². The molecule has 1 heterocycles. The van der Waals surface area contributed by atoms with E-state index in [4.69, 9.17) is 4.74 Å². The zero-order chi connectivity index (χ0) is 26.3. The molecule has 1 N–H and O–H groups in total. The Balaban J connectivity index is 2.06. The molecule has 36 heavy (non-hydrogen) atoms. The van der Waals surface area contributed by atoms with Crippen molar-refractivity contribution in [3.63, 3.8) is 0 Å². The number of benzene rings is 3. The van der Waals surface area contributed by atoms with Crippen LogP contribution < -0.4 is 9.46 Å². The summed E-state index contributed by atoms with van der Waals surface area (Å²) in [5, 5.41) is 0.599. The third-order valence-corrected chi connectivity index (χ3v) is 8.95. The van der Waals surface area contributed by atoms with Crippen LogP contribution in [0.25, 0.3) is 10.9 Å². The summed E-state index contributed by atoms with van der Waals surface area (Å²) in [6, 6.07) is 17.1. The highest BCUT2D eigenvalue weighted by Gasteiger charge is 2.36. The Morgan fingerprint density at radius 1 is 0.972 bits per heavy atom. The van der Waals surface area contributed by atoms with Gasteiger partial charge in [0.2, 0.25) is 0 Å². The van der Waals surface area contributed by atoms with Crippen molar-refractivity contribution in [1.82, 2.24) is 8.69 Å². The van der Waals surface area contributed by atoms with Gasteiger partial charge in [0, 0.05) is 28.4 Å². The van der Waals surface area contributed by atoms with Crippen molar-refractivity contribution in [1.29, 1.82) is 0 Å². The fraction of sp³-hybridized carbons (Fsp3) is 0.231. The highest BCUT2D eigenvalue weighted by atomic mass is 32.2. The lowest BCUT2D eigenvalue weighted by Crippen LogP contribution is -2.42. The first-order chi connectivity index (χ1) is 16.9. The SMILES string of the molecule is COc1cc(F)c(F)cc1C(N[S@@+]([O-])C(C)(C)C)c1cc2ccccc2n1S(=O)(=O)c1ccccc1. The molecule has 0 saturated carbocycles. The van der Waals surface area contributed by atoms with Gasteiger partial charge >= 0.3 is 0 Å². The number of hydrogen-bond acceptors (Lipinski definition) is 5. The zero-order valence-corrected chi connectivity index (χ0v) is 21.8. The molecule has 2 atom stereocenters. The smallest absolute Gasteiger partial charge is 0.268 e. The summed E-state index contributed by atoms with van der Waals surface area (Å²) in [5.74, 6) is -2.29. The number of nitrogens with zero attached hydrogens (tertiary/aromatic N) is 1. The molecule has 190 valence electrons. The van der Waals surface area contributed by atoms with Gasteiger partial charge in [0.1, 0.15) is 16.5 Å². The maximum Gasteiger partial charge on any atom is 0.268 e. The molecule has 0 aliphatic heterocycles. The normalized spacial score (nSPS) is 14.1. The van der Waals surface area contributed by atoms with E-state index in [0.29, 0.717) is 10.9 Å². The Labute approximate surface area is 212 Å². The fourth-order valence-corrected chi connectivity index (χ4v) is 6.22. The van der Waals surface area contributed by atoms with Crippen molar-refractivity contribution in [2.24, 2.45) is 0 Å². The predicted molar refractivity (Wildman–Crippen MR) is 137 cm³/mol. The lowest BCUT2D eigenvalue weighted by atomic mass is 10.0. The number of nitrogens with one attached hydrogen (secondary N) is 1. The van der Waals surface area contributed by atoms with E-state index in [-0.39, 0.29) is 21.9 Å². The third-order valence-electron chi connectivity index (χ3n) is 5.64. The lowest BCUT2D eigenvalue weighted by molar-refractivity contribution is 0.396. The molecular weight excluding hydrogens is 506 g/mol. The zero-order valence-electron chi connectivity index (χ0n) is 20.2. The summed E-state index contributed by atoms with van der Waals surface area (Å²) in [6.07, 6.45) is 0. The van der Waals surface area contributed by atoms with E-state index in [9.17, 15) is 21.8 Å². The summed E-state index contributed by atoms with van der Waals surface area (Å²) < 4.78 is 78.3. The van der Waals surface area contributed by atoms with Gasteiger partial charge in [-0.3, -0.25) is 0 Å². The Hall–Kier alpha value is -2.92. The topological polar surface area (TPSA) is 83.4 Å². The molecule has 6 nitrogen and oxygen atoms in total. The number of rotatable bonds is 7. The van der Waals surface area contributed by atoms with Crippen LogP contribution in [0.15, 0.2) is 77.7 Å². The molecule has 0 fully saturated rings. The molecule has 1 aromatic heterocycles. The maximum atomic E-state index is 14.5. The highest BCUT2D eigenvalue weighted by molar-refractivity contribution is 7.91. The van der Waals surface area contributed by atoms with Gasteiger partial charge in [-0.25, -0.2) is 21.2 Å². The number of halogens is 2. The standard InChI is InChI=1S/C26H26F2N2O4S2/c1-26(2,3)35(31)29-25(19-15-20(27)21(28)16-24(19)34-4)23-14-17-10-8-9-13-22(17)30(23)36(32,33)18-11-6-5-7-12-18/h5-16,25,29H,1-4H3/t25?,35-/m0/s1. The van der Waals surface area contributed by atoms with E-state index in [1.54, 1.807) is 69.3 Å². The van der Waals surface area contributed by atoms with Crippen LogP contribution in [0.2, 0.25) is 0 Å². The van der Waals surface area contributed by atoms with E-state index in [1.807, 2.05) is 0 Å². The van der Waals surface area contributed by atoms with Crippen molar-refractivity contribution in [2.45, 2.75) is 36.5 Å². The average molecular weight is 533 g/mol. The van der Waals surface area contributed by atoms with Crippen LogP contribution >= 0.6 is 0 Å². The second kappa shape index (κ2) is 9.85. The number of para-hydroxylation sites is 1. The molecule has 10 heteroatoms. The van der Waals surface area contributed by atoms with E-state index in [1.165, 1.54) is 19.2 Å². The van der Waals surface area contributed by atoms with Gasteiger partial charge in [0.25, 0.3) is 10.0 Å². The van der Waals surface area contributed by atoms with Gasteiger partial charge in [0.15, 0.2) is 11.6 Å². The molecule has 0 aliphatic rings. The average Bonchev–Trinajstić information content (AvgIpc) is 3.24. The Bertz CT molecular complexity index is 1500. The van der Waals surface area contributed by atoms with E-state index in [0.717, 1.165) is 16.1 Å². The summed E-state index contributed by atoms with van der Waals surface area (Å²) in [6.45, 7) is 5.23. The molecule has 0 spiro atoms. The summed E-state index contributed by atoms with van der Waals surface area (Å²) >= 11 is -1.72. The van der Waals surface area contributed by atoms with E-state index >= 15 is 0 Å². The molecule has 4 rings (SSSR count). The number of fused-ring (bicyclic) bond motifs is 1. The van der Waals surface area contributed by atoms with Gasteiger partial charge in [-0.05, 0) is 51.1 Å². The molecule has 0 amide bonds. The van der Waals surface area contributed by atoms with Crippen molar-refractivity contribution >= 4 is 32.3 Å². The highest BCUT2D eigenvalue weighted by Crippen LogP contribution is 2.38. The minimum atomic E-state index is -4.15. The minimum Gasteiger partial charge on any atom is -0.598 e. The Morgan fingerprint density at radius 2 is 1.58 bits per heavy atom. The number of ether oxygens (including phenoxy) is 1. The van der Waals surface area contributed by atoms with Gasteiger partial charge < -0.3 is 9.29 Å². The molecular formula is C26H26F2N2O4S2. The summed E-state index contributed by atoms with van der Waals surface area (Å²) in [7, 11) is -2.85. The monoisotopic (exact) mass is 532 g/mol. The van der Waals surface area contributed by atoms with Crippen LogP contribution in [-0.4, -0.2) is 28.8 Å². The predicted octanol–water partition coefficient (Wildman–Crippen LogP) is 5.31. The number of methoxy groups -OCH3 is 1. The molecule has 1 unspecified atom stereocenters. The van der Waals surface area contributed by atoms with Crippen LogP contribution in [0.3, 0.4) is 0 Å². The van der Waals surface area contributed by atoms with Crippen molar-refractivity contribution in [3.05, 3.63) is 95.7 Å². The maximum absolute atomic E-state index is 14.5. The van der Waals surface area contributed by atoms with Gasteiger partial charge in [-0.1, -0.05) is 36.4 Å². The molecule has 0 radical (unpaired) electrons. The first-order valence-electron chi connectivity index (χ1n) is 11.1. The summed E-state index contributed by atoms with van der Waals surface area (Å²) in [4.78, 5) is 0.0422.